The van der Waals surface area contributed by atoms with Gasteiger partial charge in [-0.25, -0.2) is 4.98 Å². The molecule has 1 N–H and O–H groups in total. The Kier molecular flexibility index (Phi) is 4.96. The minimum Gasteiger partial charge on any atom is -0.330 e. The van der Waals surface area contributed by atoms with E-state index < -0.39 is 0 Å². The number of aromatic nitrogens is 2. The van der Waals surface area contributed by atoms with Gasteiger partial charge in [0.2, 0.25) is 0 Å². The molecular formula is C17H25N3. The van der Waals surface area contributed by atoms with Gasteiger partial charge < -0.3 is 9.88 Å². The van der Waals surface area contributed by atoms with Crippen LogP contribution in [0.25, 0.3) is 0 Å². The molecule has 0 spiro atoms. The summed E-state index contributed by atoms with van der Waals surface area (Å²) >= 11 is 0. The van der Waals surface area contributed by atoms with E-state index in [4.69, 9.17) is 0 Å². The van der Waals surface area contributed by atoms with Gasteiger partial charge in [0.15, 0.2) is 0 Å². The third-order valence-electron chi connectivity index (χ3n) is 3.60. The zero-order valence-corrected chi connectivity index (χ0v) is 13.0. The summed E-state index contributed by atoms with van der Waals surface area (Å²) in [6.07, 6.45) is 1.92. The van der Waals surface area contributed by atoms with Crippen LogP contribution in [0.3, 0.4) is 0 Å². The van der Waals surface area contributed by atoms with Gasteiger partial charge in [0.25, 0.3) is 0 Å². The van der Waals surface area contributed by atoms with Crippen molar-refractivity contribution < 1.29 is 0 Å². The van der Waals surface area contributed by atoms with E-state index in [-0.39, 0.29) is 0 Å². The lowest BCUT2D eigenvalue weighted by atomic mass is 10.1. The Morgan fingerprint density at radius 1 is 1.10 bits per heavy atom. The van der Waals surface area contributed by atoms with E-state index in [1.807, 2.05) is 6.33 Å². The molecule has 20 heavy (non-hydrogen) atoms. The highest BCUT2D eigenvalue weighted by molar-refractivity contribution is 5.23. The first kappa shape index (κ1) is 14.8. The third kappa shape index (κ3) is 3.94. The molecule has 0 unspecified atom stereocenters. The molecule has 3 heteroatoms. The maximum Gasteiger partial charge on any atom is 0.0954 e. The molecule has 0 aliphatic heterocycles. The normalized spacial score (nSPS) is 11.2. The summed E-state index contributed by atoms with van der Waals surface area (Å²) < 4.78 is 2.20. The van der Waals surface area contributed by atoms with Crippen LogP contribution in [0.5, 0.6) is 0 Å². The molecule has 0 amide bonds. The van der Waals surface area contributed by atoms with E-state index in [1.54, 1.807) is 0 Å². The number of nitrogens with zero attached hydrogens (tertiary/aromatic N) is 2. The zero-order valence-electron chi connectivity index (χ0n) is 13.0. The van der Waals surface area contributed by atoms with Crippen molar-refractivity contribution in [3.8, 4) is 0 Å². The number of rotatable bonds is 6. The van der Waals surface area contributed by atoms with Crippen molar-refractivity contribution in [1.82, 2.24) is 14.9 Å². The fraction of sp³-hybridized carbons (Fsp3) is 0.471. The Morgan fingerprint density at radius 2 is 1.75 bits per heavy atom. The van der Waals surface area contributed by atoms with Crippen molar-refractivity contribution in [2.24, 2.45) is 5.92 Å². The molecule has 2 rings (SSSR count). The Morgan fingerprint density at radius 3 is 2.30 bits per heavy atom. The van der Waals surface area contributed by atoms with Crippen molar-refractivity contribution >= 4 is 0 Å². The van der Waals surface area contributed by atoms with Gasteiger partial charge in [-0.1, -0.05) is 38.1 Å². The van der Waals surface area contributed by atoms with Crippen LogP contribution in [-0.4, -0.2) is 16.1 Å². The molecule has 1 heterocycles. The summed E-state index contributed by atoms with van der Waals surface area (Å²) in [4.78, 5) is 4.34. The second-order valence-electron chi connectivity index (χ2n) is 5.88. The SMILES string of the molecule is Cc1ncn(Cc2ccc(CNCC(C)C)cc2)c1C. The highest BCUT2D eigenvalue weighted by Crippen LogP contribution is 2.10. The highest BCUT2D eigenvalue weighted by Gasteiger charge is 2.03. The molecule has 0 atom stereocenters. The maximum absolute atomic E-state index is 4.34. The average molecular weight is 271 g/mol. The van der Waals surface area contributed by atoms with Crippen molar-refractivity contribution in [2.45, 2.75) is 40.8 Å². The van der Waals surface area contributed by atoms with Crippen molar-refractivity contribution in [2.75, 3.05) is 6.54 Å². The van der Waals surface area contributed by atoms with Gasteiger partial charge in [-0.05, 0) is 37.4 Å². The summed E-state index contributed by atoms with van der Waals surface area (Å²) in [5.41, 5.74) is 5.01. The molecule has 1 aromatic carbocycles. The van der Waals surface area contributed by atoms with Crippen molar-refractivity contribution in [1.29, 1.82) is 0 Å². The molecule has 108 valence electrons. The number of hydrogen-bond acceptors (Lipinski definition) is 2. The molecule has 1 aromatic heterocycles. The Bertz CT molecular complexity index is 538. The predicted octanol–water partition coefficient (Wildman–Crippen LogP) is 3.29. The van der Waals surface area contributed by atoms with Gasteiger partial charge in [-0.15, -0.1) is 0 Å². The molecular weight excluding hydrogens is 246 g/mol. The standard InChI is InChI=1S/C17H25N3/c1-13(2)9-18-10-16-5-7-17(8-6-16)11-20-12-19-14(3)15(20)4/h5-8,12-13,18H,9-11H2,1-4H3. The lowest BCUT2D eigenvalue weighted by Gasteiger charge is -2.09. The molecule has 3 nitrogen and oxygen atoms in total. The fourth-order valence-electron chi connectivity index (χ4n) is 2.17. The molecule has 0 radical (unpaired) electrons. The predicted molar refractivity (Wildman–Crippen MR) is 83.8 cm³/mol. The lowest BCUT2D eigenvalue weighted by molar-refractivity contribution is 0.552. The summed E-state index contributed by atoms with van der Waals surface area (Å²) in [6.45, 7) is 11.5. The minimum atomic E-state index is 0.696. The van der Waals surface area contributed by atoms with Crippen LogP contribution in [0.15, 0.2) is 30.6 Å². The largest absolute Gasteiger partial charge is 0.330 e. The van der Waals surface area contributed by atoms with Crippen LogP contribution in [0.2, 0.25) is 0 Å². The summed E-state index contributed by atoms with van der Waals surface area (Å²) in [5.74, 6) is 0.696. The van der Waals surface area contributed by atoms with Gasteiger partial charge in [0.1, 0.15) is 0 Å². The summed E-state index contributed by atoms with van der Waals surface area (Å²) in [7, 11) is 0. The first-order valence-corrected chi connectivity index (χ1v) is 7.33. The molecule has 2 aromatic rings. The van der Waals surface area contributed by atoms with Crippen LogP contribution >= 0.6 is 0 Å². The van der Waals surface area contributed by atoms with Crippen LogP contribution in [0, 0.1) is 19.8 Å². The van der Waals surface area contributed by atoms with E-state index in [0.29, 0.717) is 5.92 Å². The Hall–Kier alpha value is -1.61. The molecule has 0 saturated carbocycles. The van der Waals surface area contributed by atoms with Gasteiger partial charge >= 0.3 is 0 Å². The second kappa shape index (κ2) is 6.71. The quantitative estimate of drug-likeness (QED) is 0.873. The van der Waals surface area contributed by atoms with E-state index in [1.165, 1.54) is 16.8 Å². The summed E-state index contributed by atoms with van der Waals surface area (Å²) in [5, 5.41) is 3.47. The number of hydrogen-bond donors (Lipinski definition) is 1. The smallest absolute Gasteiger partial charge is 0.0954 e. The Balaban J connectivity index is 1.93. The molecule has 0 aliphatic carbocycles. The van der Waals surface area contributed by atoms with Gasteiger partial charge in [-0.3, -0.25) is 0 Å². The van der Waals surface area contributed by atoms with Crippen molar-refractivity contribution in [3.63, 3.8) is 0 Å². The van der Waals surface area contributed by atoms with E-state index in [9.17, 15) is 0 Å². The average Bonchev–Trinajstić information content (AvgIpc) is 2.72. The molecule has 0 fully saturated rings. The maximum atomic E-state index is 4.34. The van der Waals surface area contributed by atoms with Crippen LogP contribution < -0.4 is 5.32 Å². The van der Waals surface area contributed by atoms with Crippen molar-refractivity contribution in [3.05, 3.63) is 53.1 Å². The van der Waals surface area contributed by atoms with E-state index in [2.05, 4.69) is 66.8 Å². The van der Waals surface area contributed by atoms with Crippen LogP contribution in [0.4, 0.5) is 0 Å². The monoisotopic (exact) mass is 271 g/mol. The zero-order chi connectivity index (χ0) is 14.5. The molecule has 0 bridgehead atoms. The van der Waals surface area contributed by atoms with Gasteiger partial charge in [0.05, 0.1) is 12.0 Å². The number of aryl methyl sites for hydroxylation is 1. The van der Waals surface area contributed by atoms with E-state index >= 15 is 0 Å². The first-order valence-electron chi connectivity index (χ1n) is 7.33. The lowest BCUT2D eigenvalue weighted by Crippen LogP contribution is -2.18. The van der Waals surface area contributed by atoms with E-state index in [0.717, 1.165) is 25.3 Å². The first-order chi connectivity index (χ1) is 9.56. The summed E-state index contributed by atoms with van der Waals surface area (Å²) in [6, 6.07) is 8.84. The minimum absolute atomic E-state index is 0.696. The Labute approximate surface area is 122 Å². The third-order valence-corrected chi connectivity index (χ3v) is 3.60. The molecule has 0 saturated heterocycles. The van der Waals surface area contributed by atoms with Crippen LogP contribution in [-0.2, 0) is 13.1 Å². The van der Waals surface area contributed by atoms with Crippen LogP contribution in [0.1, 0.15) is 36.4 Å². The second-order valence-corrected chi connectivity index (χ2v) is 5.88. The topological polar surface area (TPSA) is 29.9 Å². The molecule has 0 aliphatic rings. The van der Waals surface area contributed by atoms with Gasteiger partial charge in [-0.2, -0.15) is 0 Å². The number of benzene rings is 1. The number of imidazole rings is 1. The highest BCUT2D eigenvalue weighted by atomic mass is 15.0. The van der Waals surface area contributed by atoms with Gasteiger partial charge in [0, 0.05) is 18.8 Å². The number of nitrogens with one attached hydrogen (secondary N) is 1. The fourth-order valence-corrected chi connectivity index (χ4v) is 2.17.